The summed E-state index contributed by atoms with van der Waals surface area (Å²) < 4.78 is 0. The summed E-state index contributed by atoms with van der Waals surface area (Å²) in [6, 6.07) is -6.23. The van der Waals surface area contributed by atoms with E-state index in [1.807, 2.05) is 34.6 Å². The van der Waals surface area contributed by atoms with Crippen LogP contribution in [0.4, 0.5) is 0 Å². The van der Waals surface area contributed by atoms with Gasteiger partial charge < -0.3 is 72.8 Å². The van der Waals surface area contributed by atoms with E-state index in [-0.39, 0.29) is 75.6 Å². The van der Waals surface area contributed by atoms with E-state index in [0.29, 0.717) is 37.7 Å². The van der Waals surface area contributed by atoms with Gasteiger partial charge in [0.25, 0.3) is 0 Å². The summed E-state index contributed by atoms with van der Waals surface area (Å²) in [5.74, 6) is -10.4. The molecule has 25 heteroatoms. The molecule has 3 aliphatic rings. The van der Waals surface area contributed by atoms with E-state index in [4.69, 9.17) is 0 Å². The number of benzene rings is 1. The van der Waals surface area contributed by atoms with Crippen LogP contribution in [0, 0.1) is 23.7 Å². The van der Waals surface area contributed by atoms with Crippen molar-refractivity contribution >= 4 is 64.9 Å². The number of aromatic hydroxyl groups is 1. The summed E-state index contributed by atoms with van der Waals surface area (Å²) in [6.45, 7) is 9.76. The number of rotatable bonds is 17. The average Bonchev–Trinajstić information content (AvgIpc) is 3.87. The molecule has 25 nitrogen and oxygen atoms in total. The highest BCUT2D eigenvalue weighted by Gasteiger charge is 2.43. The molecule has 0 spiro atoms. The number of unbranched alkanes of at least 4 members (excludes halogenated alkanes) is 4. The number of carbonyl (C=O) groups excluding carboxylic acids is 11. The van der Waals surface area contributed by atoms with Crippen molar-refractivity contribution in [2.45, 2.75) is 206 Å². The zero-order chi connectivity index (χ0) is 62.2. The lowest BCUT2D eigenvalue weighted by Gasteiger charge is -2.33. The van der Waals surface area contributed by atoms with Crippen molar-refractivity contribution in [1.29, 1.82) is 0 Å². The Kier molecular flexibility index (Phi) is 29.0. The molecule has 0 saturated carbocycles. The zero-order valence-corrected chi connectivity index (χ0v) is 50.0. The molecule has 12 atom stereocenters. The van der Waals surface area contributed by atoms with Gasteiger partial charge in [0.15, 0.2) is 5.78 Å². The fourth-order valence-electron chi connectivity index (χ4n) is 10.9. The molecule has 0 unspecified atom stereocenters. The molecule has 10 amide bonds. The smallest absolute Gasteiger partial charge is 0.248 e. The predicted octanol–water partition coefficient (Wildman–Crippen LogP) is -0.119. The first-order valence-electron chi connectivity index (χ1n) is 30.1. The lowest BCUT2D eigenvalue weighted by atomic mass is 9.82. The van der Waals surface area contributed by atoms with Crippen LogP contribution in [0.2, 0.25) is 0 Å². The molecule has 3 saturated heterocycles. The minimum atomic E-state index is -1.71. The molecule has 1 aromatic rings. The van der Waals surface area contributed by atoms with Gasteiger partial charge in [-0.2, -0.15) is 0 Å². The lowest BCUT2D eigenvalue weighted by Crippen LogP contribution is -2.61. The predicted molar refractivity (Wildman–Crippen MR) is 309 cm³/mol. The number of fused-ring (bicyclic) bond motifs is 2. The summed E-state index contributed by atoms with van der Waals surface area (Å²) >= 11 is 0. The first kappa shape index (κ1) is 69.8. The minimum absolute atomic E-state index is 0.0295. The van der Waals surface area contributed by atoms with Crippen molar-refractivity contribution in [1.82, 2.24) is 52.3 Å². The van der Waals surface area contributed by atoms with E-state index < -0.39 is 157 Å². The van der Waals surface area contributed by atoms with E-state index in [1.165, 1.54) is 29.2 Å². The number of hydrogen-bond acceptors (Lipinski definition) is 15. The van der Waals surface area contributed by atoms with Gasteiger partial charge in [-0.05, 0) is 74.0 Å². The maximum Gasteiger partial charge on any atom is 0.248 e. The lowest BCUT2D eigenvalue weighted by molar-refractivity contribution is -0.145. The van der Waals surface area contributed by atoms with Crippen LogP contribution < -0.4 is 42.5 Å². The Balaban J connectivity index is 1.74. The van der Waals surface area contributed by atoms with Gasteiger partial charge in [-0.15, -0.1) is 0 Å². The Bertz CT molecular complexity index is 2410. The van der Waals surface area contributed by atoms with E-state index >= 15 is 0 Å². The first-order valence-corrected chi connectivity index (χ1v) is 30.1. The van der Waals surface area contributed by atoms with Gasteiger partial charge >= 0.3 is 0 Å². The molecule has 1 aromatic carbocycles. The molecule has 3 heterocycles. The highest BCUT2D eigenvalue weighted by Crippen LogP contribution is 2.29. The molecule has 3 aliphatic heterocycles. The molecule has 0 radical (unpaired) electrons. The molecule has 0 aromatic heterocycles. The van der Waals surface area contributed by atoms with Crippen LogP contribution in [0.5, 0.6) is 5.75 Å². The number of carbonyl (C=O) groups is 11. The number of amides is 10. The fourth-order valence-corrected chi connectivity index (χ4v) is 10.9. The van der Waals surface area contributed by atoms with Gasteiger partial charge in [-0.25, -0.2) is 0 Å². The summed E-state index contributed by atoms with van der Waals surface area (Å²) in [5.41, 5.74) is 0.452. The van der Waals surface area contributed by atoms with Crippen molar-refractivity contribution in [2.24, 2.45) is 23.7 Å². The second-order valence-corrected chi connectivity index (χ2v) is 23.2. The van der Waals surface area contributed by atoms with Gasteiger partial charge in [-0.1, -0.05) is 106 Å². The number of phenolic OH excluding ortho intramolecular Hbond substituents is 1. The number of ketones is 1. The van der Waals surface area contributed by atoms with Gasteiger partial charge in [0, 0.05) is 44.3 Å². The summed E-state index contributed by atoms with van der Waals surface area (Å²) in [5, 5.41) is 62.1. The van der Waals surface area contributed by atoms with E-state index in [0.717, 1.165) is 30.6 Å². The maximum absolute atomic E-state index is 14.7. The highest BCUT2D eigenvalue weighted by atomic mass is 16.3. The topological polar surface area (TPSA) is 371 Å². The van der Waals surface area contributed by atoms with Crippen LogP contribution in [0.3, 0.4) is 0 Å². The Labute approximate surface area is 493 Å². The minimum Gasteiger partial charge on any atom is -0.508 e. The van der Waals surface area contributed by atoms with Crippen LogP contribution in [0.25, 0.3) is 0 Å². The number of nitrogens with zero attached hydrogens (tertiary/aromatic N) is 2. The Hall–Kier alpha value is -6.73. The molecule has 12 N–H and O–H groups in total. The number of aliphatic hydroxyl groups is 3. The van der Waals surface area contributed by atoms with E-state index in [9.17, 15) is 73.2 Å². The third-order valence-electron chi connectivity index (χ3n) is 16.3. The highest BCUT2D eigenvalue weighted by molar-refractivity contribution is 5.99. The average molecular weight is 1180 g/mol. The largest absolute Gasteiger partial charge is 0.508 e. The quantitative estimate of drug-likeness (QED) is 0.0905. The van der Waals surface area contributed by atoms with Crippen LogP contribution in [0.1, 0.15) is 150 Å². The molecular weight excluding hydrogens is 1090 g/mol. The van der Waals surface area contributed by atoms with E-state index in [1.54, 1.807) is 6.92 Å². The summed E-state index contributed by atoms with van der Waals surface area (Å²) in [4.78, 5) is 158. The van der Waals surface area contributed by atoms with E-state index in [2.05, 4.69) is 49.5 Å². The summed E-state index contributed by atoms with van der Waals surface area (Å²) in [6.07, 6.45) is 5.77. The van der Waals surface area contributed by atoms with Crippen molar-refractivity contribution in [2.75, 3.05) is 39.5 Å². The van der Waals surface area contributed by atoms with Crippen molar-refractivity contribution in [3.05, 3.63) is 29.8 Å². The third kappa shape index (κ3) is 20.8. The molecular formula is C59H94N10O15. The van der Waals surface area contributed by atoms with Crippen molar-refractivity contribution < 1.29 is 73.2 Å². The molecule has 3 fully saturated rings. The molecule has 470 valence electrons. The van der Waals surface area contributed by atoms with Gasteiger partial charge in [0.1, 0.15) is 48.0 Å². The SMILES string of the molecule is CCCCCCC[C@@H]1CC(=O)N[C@@H](CO)C(=O)N[C@@H](CO)C(=O)N2CCC[C@H]2C(=O)N[C@@H](CO)C(=O)N[C@H](Cc2ccc(O)cc2)C(=O)N[C@H](CC(C)C)C(=O)N[C@@H]([C@@H](C)CC)C(=O)C[C@@H]([C@@H](C)CC)C(=O)N2CCC[C@H]2C(=O)NCC(=O)N1. The maximum atomic E-state index is 14.7. The molecule has 0 aliphatic carbocycles. The second-order valence-electron chi connectivity index (χ2n) is 23.2. The van der Waals surface area contributed by atoms with Crippen LogP contribution in [-0.2, 0) is 59.2 Å². The standard InChI is InChI=1S/C59H94N10O15/c1-8-11-12-13-14-17-38-28-49(75)62-43(31-70)54(79)66-45(33-72)59(84)69-25-16-19-47(69)57(82)65-44(32-71)55(80)64-42(27-37-20-22-39(73)23-21-37)52(77)63-41(26-34(4)5)53(78)67-51(36(7)10-3)48(74)29-40(35(6)9-2)58(83)68-24-15-18-46(68)56(81)60-30-50(76)61-38/h20-23,34-36,38,40-47,51,70-73H,8-19,24-33H2,1-7H3,(H,60,81)(H,61,76)(H,62,75)(H,63,77)(H,64,80)(H,65,82)(H,66,79)(H,67,78)/t35-,36-,38+,40-,41+,42+,43-,44-,45-,46-,47-,51-/m0/s1. The summed E-state index contributed by atoms with van der Waals surface area (Å²) in [7, 11) is 0. The number of aliphatic hydroxyl groups excluding tert-OH is 3. The van der Waals surface area contributed by atoms with Gasteiger partial charge in [-0.3, -0.25) is 52.7 Å². The molecule has 0 bridgehead atoms. The Morgan fingerprint density at radius 1 is 0.536 bits per heavy atom. The van der Waals surface area contributed by atoms with Gasteiger partial charge in [0.05, 0.1) is 32.4 Å². The van der Waals surface area contributed by atoms with Gasteiger partial charge in [0.2, 0.25) is 59.1 Å². The zero-order valence-electron chi connectivity index (χ0n) is 50.0. The molecule has 84 heavy (non-hydrogen) atoms. The molecule has 4 rings (SSSR count). The third-order valence-corrected chi connectivity index (χ3v) is 16.3. The van der Waals surface area contributed by atoms with Crippen LogP contribution >= 0.6 is 0 Å². The normalized spacial score (nSPS) is 27.4. The van der Waals surface area contributed by atoms with Crippen molar-refractivity contribution in [3.8, 4) is 5.75 Å². The monoisotopic (exact) mass is 1180 g/mol. The fraction of sp³-hybridized carbons (Fsp3) is 0.712. The first-order chi connectivity index (χ1) is 40.0. The second kappa shape index (κ2) is 34.9. The van der Waals surface area contributed by atoms with Crippen LogP contribution in [0.15, 0.2) is 24.3 Å². The number of hydrogen-bond donors (Lipinski definition) is 12. The Morgan fingerprint density at radius 3 is 1.64 bits per heavy atom. The van der Waals surface area contributed by atoms with Crippen LogP contribution in [-0.4, -0.2) is 189 Å². The number of phenols is 1. The Morgan fingerprint density at radius 2 is 1.06 bits per heavy atom. The van der Waals surface area contributed by atoms with Crippen molar-refractivity contribution in [3.63, 3.8) is 0 Å². The number of Topliss-reactive ketones (excluding diaryl/α,β-unsaturated/α-hetero) is 1. The number of nitrogens with one attached hydrogen (secondary N) is 8.